The van der Waals surface area contributed by atoms with Crippen molar-refractivity contribution >= 4 is 27.7 Å². The molecule has 96 valence electrons. The van der Waals surface area contributed by atoms with E-state index in [0.29, 0.717) is 6.61 Å². The van der Waals surface area contributed by atoms with Gasteiger partial charge >= 0.3 is 0 Å². The van der Waals surface area contributed by atoms with Crippen molar-refractivity contribution in [2.45, 2.75) is 19.9 Å². The average Bonchev–Trinajstić information content (AvgIpc) is 2.32. The Hall–Kier alpha value is -0.0300. The van der Waals surface area contributed by atoms with Gasteiger partial charge in [-0.05, 0) is 36.3 Å². The molecule has 0 heterocycles. The van der Waals surface area contributed by atoms with Crippen molar-refractivity contribution < 1.29 is 5.11 Å². The maximum absolute atomic E-state index is 8.63. The molecule has 2 N–H and O–H groups in total. The van der Waals surface area contributed by atoms with E-state index in [1.807, 2.05) is 11.8 Å². The van der Waals surface area contributed by atoms with Gasteiger partial charge in [-0.2, -0.15) is 11.8 Å². The first-order valence-corrected chi connectivity index (χ1v) is 7.83. The number of hydrogen-bond acceptors (Lipinski definition) is 3. The second kappa shape index (κ2) is 8.97. The highest BCUT2D eigenvalue weighted by molar-refractivity contribution is 9.10. The summed E-state index contributed by atoms with van der Waals surface area (Å²) in [6, 6.07) is 6.46. The summed E-state index contributed by atoms with van der Waals surface area (Å²) in [5.41, 5.74) is 2.58. The number of aliphatic hydroxyl groups excluding tert-OH is 1. The lowest BCUT2D eigenvalue weighted by Gasteiger charge is -2.06. The summed E-state index contributed by atoms with van der Waals surface area (Å²) in [5.74, 6) is 2.15. The highest BCUT2D eigenvalue weighted by Crippen LogP contribution is 2.17. The molecule has 0 aliphatic carbocycles. The number of aliphatic hydroxyl groups is 1. The summed E-state index contributed by atoms with van der Waals surface area (Å²) in [6.45, 7) is 4.33. The van der Waals surface area contributed by atoms with Crippen molar-refractivity contribution in [3.05, 3.63) is 33.8 Å². The molecule has 4 heteroatoms. The van der Waals surface area contributed by atoms with Gasteiger partial charge in [-0.1, -0.05) is 28.1 Å². The maximum atomic E-state index is 8.63. The monoisotopic (exact) mass is 317 g/mol. The molecular weight excluding hydrogens is 298 g/mol. The molecule has 0 radical (unpaired) electrons. The summed E-state index contributed by atoms with van der Waals surface area (Å²) in [4.78, 5) is 0. The highest BCUT2D eigenvalue weighted by atomic mass is 79.9. The molecule has 0 aliphatic heterocycles. The van der Waals surface area contributed by atoms with E-state index >= 15 is 0 Å². The molecule has 0 saturated heterocycles. The van der Waals surface area contributed by atoms with Gasteiger partial charge in [0.05, 0.1) is 0 Å². The number of aryl methyl sites for hydroxylation is 1. The van der Waals surface area contributed by atoms with E-state index in [-0.39, 0.29) is 0 Å². The normalized spacial score (nSPS) is 10.8. The first-order chi connectivity index (χ1) is 8.24. The fraction of sp³-hybridized carbons (Fsp3) is 0.538. The van der Waals surface area contributed by atoms with Crippen molar-refractivity contribution in [1.29, 1.82) is 0 Å². The van der Waals surface area contributed by atoms with E-state index in [4.69, 9.17) is 5.11 Å². The Morgan fingerprint density at radius 3 is 2.88 bits per heavy atom. The molecule has 0 amide bonds. The minimum atomic E-state index is 0.303. The second-order valence-electron chi connectivity index (χ2n) is 3.95. The van der Waals surface area contributed by atoms with Gasteiger partial charge in [0, 0.05) is 29.9 Å². The van der Waals surface area contributed by atoms with Crippen LogP contribution in [0.5, 0.6) is 0 Å². The van der Waals surface area contributed by atoms with Crippen LogP contribution in [-0.2, 0) is 6.54 Å². The van der Waals surface area contributed by atoms with E-state index in [9.17, 15) is 0 Å². The number of hydrogen-bond donors (Lipinski definition) is 2. The van der Waals surface area contributed by atoms with Crippen LogP contribution in [0, 0.1) is 6.92 Å². The Labute approximate surface area is 116 Å². The van der Waals surface area contributed by atoms with Gasteiger partial charge in [-0.25, -0.2) is 0 Å². The molecule has 0 fully saturated rings. The number of thioether (sulfide) groups is 1. The van der Waals surface area contributed by atoms with Gasteiger partial charge in [0.25, 0.3) is 0 Å². The molecule has 0 spiro atoms. The Balaban J connectivity index is 2.11. The van der Waals surface area contributed by atoms with Crippen LogP contribution in [0.1, 0.15) is 17.5 Å². The zero-order valence-electron chi connectivity index (χ0n) is 10.2. The van der Waals surface area contributed by atoms with Crippen LogP contribution in [0.3, 0.4) is 0 Å². The number of halogens is 1. The molecule has 1 aromatic carbocycles. The summed E-state index contributed by atoms with van der Waals surface area (Å²) in [6.07, 6.45) is 0.898. The third-order valence-electron chi connectivity index (χ3n) is 2.44. The topological polar surface area (TPSA) is 32.3 Å². The zero-order valence-corrected chi connectivity index (χ0v) is 12.6. The number of benzene rings is 1. The summed E-state index contributed by atoms with van der Waals surface area (Å²) < 4.78 is 1.18. The van der Waals surface area contributed by atoms with E-state index in [1.54, 1.807) is 0 Å². The first kappa shape index (κ1) is 15.0. The predicted octanol–water partition coefficient (Wildman–Crippen LogP) is 2.96. The molecule has 1 aromatic rings. The van der Waals surface area contributed by atoms with Crippen LogP contribution in [0.25, 0.3) is 0 Å². The zero-order chi connectivity index (χ0) is 12.5. The fourth-order valence-electron chi connectivity index (χ4n) is 1.39. The van der Waals surface area contributed by atoms with Crippen molar-refractivity contribution in [3.63, 3.8) is 0 Å². The minimum Gasteiger partial charge on any atom is -0.396 e. The first-order valence-electron chi connectivity index (χ1n) is 5.88. The van der Waals surface area contributed by atoms with Crippen molar-refractivity contribution in [2.75, 3.05) is 24.7 Å². The SMILES string of the molecule is Cc1ccc(CNCCSCCCO)cc1Br. The molecule has 0 bridgehead atoms. The lowest BCUT2D eigenvalue weighted by molar-refractivity contribution is 0.296. The number of rotatable bonds is 8. The predicted molar refractivity (Wildman–Crippen MR) is 79.6 cm³/mol. The van der Waals surface area contributed by atoms with Gasteiger partial charge < -0.3 is 10.4 Å². The van der Waals surface area contributed by atoms with Crippen LogP contribution >= 0.6 is 27.7 Å². The van der Waals surface area contributed by atoms with Gasteiger partial charge in [0.1, 0.15) is 0 Å². The molecule has 0 saturated carbocycles. The fourth-order valence-corrected chi connectivity index (χ4v) is 2.64. The van der Waals surface area contributed by atoms with Crippen molar-refractivity contribution in [1.82, 2.24) is 5.32 Å². The standard InChI is InChI=1S/C13H20BrNOS/c1-11-3-4-12(9-13(11)14)10-15-5-8-17-7-2-6-16/h3-4,9,15-16H,2,5-8,10H2,1H3. The lowest BCUT2D eigenvalue weighted by atomic mass is 10.1. The molecule has 0 aromatic heterocycles. The van der Waals surface area contributed by atoms with E-state index in [1.165, 1.54) is 15.6 Å². The molecule has 1 rings (SSSR count). The van der Waals surface area contributed by atoms with E-state index < -0.39 is 0 Å². The van der Waals surface area contributed by atoms with Gasteiger partial charge in [-0.3, -0.25) is 0 Å². The maximum Gasteiger partial charge on any atom is 0.0438 e. The second-order valence-corrected chi connectivity index (χ2v) is 6.03. The van der Waals surface area contributed by atoms with Crippen LogP contribution in [0.15, 0.2) is 22.7 Å². The largest absolute Gasteiger partial charge is 0.396 e. The van der Waals surface area contributed by atoms with Crippen LogP contribution < -0.4 is 5.32 Å². The smallest absolute Gasteiger partial charge is 0.0438 e. The summed E-state index contributed by atoms with van der Waals surface area (Å²) >= 11 is 5.43. The van der Waals surface area contributed by atoms with E-state index in [0.717, 1.165) is 31.0 Å². The quantitative estimate of drug-likeness (QED) is 0.723. The third kappa shape index (κ3) is 6.46. The van der Waals surface area contributed by atoms with Gasteiger partial charge in [-0.15, -0.1) is 0 Å². The van der Waals surface area contributed by atoms with E-state index in [2.05, 4.69) is 46.4 Å². The Morgan fingerprint density at radius 1 is 1.35 bits per heavy atom. The van der Waals surface area contributed by atoms with Crippen molar-refractivity contribution in [3.8, 4) is 0 Å². The Morgan fingerprint density at radius 2 is 2.18 bits per heavy atom. The summed E-state index contributed by atoms with van der Waals surface area (Å²) in [7, 11) is 0. The molecule has 17 heavy (non-hydrogen) atoms. The average molecular weight is 318 g/mol. The van der Waals surface area contributed by atoms with Crippen LogP contribution in [-0.4, -0.2) is 29.8 Å². The Kier molecular flexibility index (Phi) is 7.93. The molecule has 0 atom stereocenters. The third-order valence-corrected chi connectivity index (χ3v) is 4.36. The van der Waals surface area contributed by atoms with Gasteiger partial charge in [0.2, 0.25) is 0 Å². The van der Waals surface area contributed by atoms with Crippen LogP contribution in [0.4, 0.5) is 0 Å². The van der Waals surface area contributed by atoms with Crippen LogP contribution in [0.2, 0.25) is 0 Å². The summed E-state index contributed by atoms with van der Waals surface area (Å²) in [5, 5.41) is 12.1. The van der Waals surface area contributed by atoms with Crippen molar-refractivity contribution in [2.24, 2.45) is 0 Å². The van der Waals surface area contributed by atoms with Gasteiger partial charge in [0.15, 0.2) is 0 Å². The molecule has 0 aliphatic rings. The molecule has 0 unspecified atom stereocenters. The molecule has 2 nitrogen and oxygen atoms in total. The minimum absolute atomic E-state index is 0.303. The highest BCUT2D eigenvalue weighted by Gasteiger charge is 1.97. The lowest BCUT2D eigenvalue weighted by Crippen LogP contribution is -2.16. The molecular formula is C13H20BrNOS. The Bertz CT molecular complexity index is 333. The number of nitrogens with one attached hydrogen (secondary N) is 1.